The summed E-state index contributed by atoms with van der Waals surface area (Å²) in [5.41, 5.74) is 7.28. The third-order valence-corrected chi connectivity index (χ3v) is 16.0. The summed E-state index contributed by atoms with van der Waals surface area (Å²) >= 11 is 0. The van der Waals surface area contributed by atoms with E-state index in [0.717, 1.165) is 55.9 Å². The average Bonchev–Trinajstić information content (AvgIpc) is 3.55. The molecule has 6 aromatic carbocycles. The molecule has 0 radical (unpaired) electrons. The molecule has 0 aliphatic carbocycles. The van der Waals surface area contributed by atoms with E-state index in [1.54, 1.807) is 0 Å². The maximum atomic E-state index is 6.61. The Balaban J connectivity index is 1.25. The Kier molecular flexibility index (Phi) is 7.46. The molecule has 9 aromatic rings. The van der Waals surface area contributed by atoms with E-state index < -0.39 is 8.07 Å². The quantitative estimate of drug-likeness (QED) is 0.128. The number of aromatic nitrogens is 3. The topological polar surface area (TPSA) is 39.9 Å². The second kappa shape index (κ2) is 12.5. The van der Waals surface area contributed by atoms with E-state index in [2.05, 4.69) is 176 Å². The van der Waals surface area contributed by atoms with Crippen LogP contribution in [0.2, 0.25) is 0 Å². The van der Waals surface area contributed by atoms with Crippen molar-refractivity contribution in [1.29, 1.82) is 0 Å². The van der Waals surface area contributed by atoms with Crippen LogP contribution in [-0.2, 0) is 5.41 Å². The van der Waals surface area contributed by atoms with Gasteiger partial charge in [-0.2, -0.15) is 0 Å². The molecule has 5 heteroatoms. The lowest BCUT2D eigenvalue weighted by Crippen LogP contribution is -2.74. The molecular weight excluding hydrogens is 675 g/mol. The highest BCUT2D eigenvalue weighted by molar-refractivity contribution is 7.20. The van der Waals surface area contributed by atoms with Crippen molar-refractivity contribution in [3.63, 3.8) is 0 Å². The fourth-order valence-electron chi connectivity index (χ4n) is 8.74. The van der Waals surface area contributed by atoms with E-state index in [1.807, 2.05) is 30.6 Å². The summed E-state index contributed by atoms with van der Waals surface area (Å²) in [5, 5.41) is 7.44. The Bertz CT molecular complexity index is 2790. The summed E-state index contributed by atoms with van der Waals surface area (Å²) in [6.07, 6.45) is 3.77. The normalized spacial score (nSPS) is 13.3. The minimum atomic E-state index is -2.91. The molecule has 10 rings (SSSR count). The summed E-state index contributed by atoms with van der Waals surface area (Å²) in [5.74, 6) is 1.81. The zero-order valence-electron chi connectivity index (χ0n) is 30.1. The molecule has 3 aromatic heterocycles. The van der Waals surface area contributed by atoms with Gasteiger partial charge in [0, 0.05) is 51.0 Å². The molecule has 258 valence electrons. The molecule has 0 atom stereocenters. The predicted octanol–water partition coefficient (Wildman–Crippen LogP) is 9.05. The molecule has 4 heterocycles. The standard InChI is InChI=1S/C49H37N3OSi/c1-49(2)42-25-9-10-27-46(42)53-47-32-41-40-24-15-29-51-48(40)52(45(41)33-43(47)49)35-17-14-23-39(31-35)54(36-18-5-3-6-19-36,37-20-7-4-8-21-37)38-22-13-16-34(30-38)44-26-11-12-28-50-44/h3-33H,1-2H3. The molecule has 0 bridgehead atoms. The smallest absolute Gasteiger partial charge is 0.179 e. The van der Waals surface area contributed by atoms with Gasteiger partial charge in [-0.1, -0.05) is 135 Å². The van der Waals surface area contributed by atoms with Gasteiger partial charge >= 0.3 is 0 Å². The van der Waals surface area contributed by atoms with Crippen molar-refractivity contribution < 1.29 is 4.74 Å². The third kappa shape index (κ3) is 4.89. The Morgan fingerprint density at radius 3 is 1.93 bits per heavy atom. The number of nitrogens with zero attached hydrogens (tertiary/aromatic N) is 3. The van der Waals surface area contributed by atoms with Gasteiger partial charge in [0.05, 0.1) is 11.2 Å². The van der Waals surface area contributed by atoms with Crippen LogP contribution in [0.1, 0.15) is 25.0 Å². The molecular formula is C49H37N3OSi. The van der Waals surface area contributed by atoms with Crippen LogP contribution in [0, 0.1) is 0 Å². The van der Waals surface area contributed by atoms with Gasteiger partial charge in [0.2, 0.25) is 0 Å². The first-order chi connectivity index (χ1) is 26.5. The maximum absolute atomic E-state index is 6.61. The fraction of sp³-hybridized carbons (Fsp3) is 0.0612. The third-order valence-electron chi connectivity index (χ3n) is 11.3. The number of pyridine rings is 2. The molecule has 0 spiro atoms. The van der Waals surface area contributed by atoms with Gasteiger partial charge in [-0.3, -0.25) is 9.55 Å². The van der Waals surface area contributed by atoms with Crippen LogP contribution in [0.4, 0.5) is 0 Å². The summed E-state index contributed by atoms with van der Waals surface area (Å²) in [6.45, 7) is 4.59. The van der Waals surface area contributed by atoms with Crippen molar-refractivity contribution in [2.24, 2.45) is 0 Å². The SMILES string of the molecule is CC1(C)c2ccccc2Oc2cc3c4cccnc4n(-c4cccc([Si](c5ccccc5)(c5ccccc5)c5cccc(-c6ccccn6)c5)c4)c3cc21. The number of benzene rings is 6. The largest absolute Gasteiger partial charge is 0.457 e. The summed E-state index contributed by atoms with van der Waals surface area (Å²) < 4.78 is 8.96. The molecule has 1 aliphatic rings. The van der Waals surface area contributed by atoms with Crippen LogP contribution in [0.3, 0.4) is 0 Å². The second-order valence-electron chi connectivity index (χ2n) is 14.6. The molecule has 0 N–H and O–H groups in total. The number of hydrogen-bond acceptors (Lipinski definition) is 3. The number of para-hydroxylation sites is 1. The highest BCUT2D eigenvalue weighted by Gasteiger charge is 2.42. The molecule has 54 heavy (non-hydrogen) atoms. The van der Waals surface area contributed by atoms with E-state index in [1.165, 1.54) is 26.3 Å². The lowest BCUT2D eigenvalue weighted by atomic mass is 9.75. The molecule has 0 unspecified atom stereocenters. The van der Waals surface area contributed by atoms with Crippen LogP contribution in [0.5, 0.6) is 11.5 Å². The Hall–Kier alpha value is -6.56. The number of ether oxygens (including phenoxy) is 1. The summed E-state index contributed by atoms with van der Waals surface area (Å²) in [7, 11) is -2.91. The van der Waals surface area contributed by atoms with Crippen molar-refractivity contribution in [3.8, 4) is 28.4 Å². The highest BCUT2D eigenvalue weighted by atomic mass is 28.3. The minimum Gasteiger partial charge on any atom is -0.457 e. The van der Waals surface area contributed by atoms with E-state index in [4.69, 9.17) is 14.7 Å². The molecule has 1 aliphatic heterocycles. The lowest BCUT2D eigenvalue weighted by molar-refractivity contribution is 0.419. The van der Waals surface area contributed by atoms with Gasteiger partial charge in [-0.25, -0.2) is 4.98 Å². The Morgan fingerprint density at radius 2 is 1.17 bits per heavy atom. The van der Waals surface area contributed by atoms with Crippen molar-refractivity contribution in [2.75, 3.05) is 0 Å². The molecule has 0 saturated heterocycles. The summed E-state index contributed by atoms with van der Waals surface area (Å²) in [4.78, 5) is 9.78. The highest BCUT2D eigenvalue weighted by Crippen LogP contribution is 2.50. The van der Waals surface area contributed by atoms with E-state index in [0.29, 0.717) is 0 Å². The number of fused-ring (bicyclic) bond motifs is 5. The first-order valence-corrected chi connectivity index (χ1v) is 20.5. The molecule has 0 fully saturated rings. The average molecular weight is 712 g/mol. The molecule has 4 nitrogen and oxygen atoms in total. The van der Waals surface area contributed by atoms with Crippen LogP contribution in [0.25, 0.3) is 38.9 Å². The van der Waals surface area contributed by atoms with Crippen molar-refractivity contribution in [3.05, 3.63) is 199 Å². The van der Waals surface area contributed by atoms with E-state index in [9.17, 15) is 0 Å². The Morgan fingerprint density at radius 1 is 0.500 bits per heavy atom. The first-order valence-electron chi connectivity index (χ1n) is 18.5. The minimum absolute atomic E-state index is 0.254. The first kappa shape index (κ1) is 32.1. The van der Waals surface area contributed by atoms with Gasteiger partial charge in [-0.15, -0.1) is 0 Å². The van der Waals surface area contributed by atoms with E-state index in [-0.39, 0.29) is 5.41 Å². The van der Waals surface area contributed by atoms with Crippen LogP contribution < -0.4 is 25.5 Å². The van der Waals surface area contributed by atoms with Crippen LogP contribution >= 0.6 is 0 Å². The number of rotatable bonds is 6. The van der Waals surface area contributed by atoms with Gasteiger partial charge in [0.1, 0.15) is 17.1 Å². The second-order valence-corrected chi connectivity index (χ2v) is 18.4. The van der Waals surface area contributed by atoms with Crippen LogP contribution in [0.15, 0.2) is 188 Å². The molecule has 0 amide bonds. The van der Waals surface area contributed by atoms with Gasteiger partial charge in [-0.05, 0) is 75.3 Å². The predicted molar refractivity (Wildman–Crippen MR) is 224 cm³/mol. The van der Waals surface area contributed by atoms with Gasteiger partial charge < -0.3 is 4.74 Å². The lowest BCUT2D eigenvalue weighted by Gasteiger charge is -2.35. The van der Waals surface area contributed by atoms with Crippen LogP contribution in [-0.4, -0.2) is 22.6 Å². The maximum Gasteiger partial charge on any atom is 0.179 e. The van der Waals surface area contributed by atoms with E-state index >= 15 is 0 Å². The zero-order chi connectivity index (χ0) is 36.3. The van der Waals surface area contributed by atoms with Gasteiger partial charge in [0.25, 0.3) is 0 Å². The van der Waals surface area contributed by atoms with Crippen molar-refractivity contribution in [2.45, 2.75) is 19.3 Å². The zero-order valence-corrected chi connectivity index (χ0v) is 31.1. The van der Waals surface area contributed by atoms with Crippen molar-refractivity contribution >= 4 is 50.8 Å². The monoisotopic (exact) mass is 711 g/mol. The number of hydrogen-bond donors (Lipinski definition) is 0. The summed E-state index contributed by atoms with van der Waals surface area (Å²) in [6, 6.07) is 63.7. The molecule has 0 saturated carbocycles. The van der Waals surface area contributed by atoms with Crippen molar-refractivity contribution in [1.82, 2.24) is 14.5 Å². The van der Waals surface area contributed by atoms with Gasteiger partial charge in [0.15, 0.2) is 8.07 Å². The fourth-order valence-corrected chi connectivity index (χ4v) is 13.6. The Labute approximate surface area is 316 Å².